The molecule has 1 saturated heterocycles. The van der Waals surface area contributed by atoms with Crippen molar-refractivity contribution in [3.05, 3.63) is 0 Å². The standard InChI is InChI=1S/C13H22N2O/c1-9-4-2-3-7-15(9)13-11-6-5-10(8-11)12(13)14-16/h9-11,13,16H,2-8H2,1H3. The molecule has 4 unspecified atom stereocenters. The molecule has 3 fully saturated rings. The van der Waals surface area contributed by atoms with Crippen molar-refractivity contribution >= 4 is 5.71 Å². The molecule has 0 aromatic heterocycles. The van der Waals surface area contributed by atoms with Crippen LogP contribution in [0.1, 0.15) is 45.4 Å². The summed E-state index contributed by atoms with van der Waals surface area (Å²) in [5.41, 5.74) is 1.10. The van der Waals surface area contributed by atoms with Gasteiger partial charge in [0.15, 0.2) is 0 Å². The molecular weight excluding hydrogens is 200 g/mol. The van der Waals surface area contributed by atoms with E-state index in [-0.39, 0.29) is 0 Å². The first-order valence-corrected chi connectivity index (χ1v) is 6.79. The van der Waals surface area contributed by atoms with Gasteiger partial charge < -0.3 is 5.21 Å². The Kier molecular flexibility index (Phi) is 2.66. The van der Waals surface area contributed by atoms with Crippen LogP contribution in [0.4, 0.5) is 0 Å². The van der Waals surface area contributed by atoms with Gasteiger partial charge in [-0.3, -0.25) is 4.90 Å². The maximum Gasteiger partial charge on any atom is 0.0775 e. The fraction of sp³-hybridized carbons (Fsp3) is 0.923. The lowest BCUT2D eigenvalue weighted by molar-refractivity contribution is 0.108. The van der Waals surface area contributed by atoms with Gasteiger partial charge >= 0.3 is 0 Å². The van der Waals surface area contributed by atoms with Crippen LogP contribution in [0, 0.1) is 11.8 Å². The molecule has 4 atom stereocenters. The van der Waals surface area contributed by atoms with Gasteiger partial charge in [0.05, 0.1) is 11.8 Å². The van der Waals surface area contributed by atoms with Crippen LogP contribution in [0.15, 0.2) is 5.16 Å². The van der Waals surface area contributed by atoms with Crippen LogP contribution in [0.25, 0.3) is 0 Å². The molecule has 1 heterocycles. The smallest absolute Gasteiger partial charge is 0.0775 e. The van der Waals surface area contributed by atoms with Gasteiger partial charge in [-0.2, -0.15) is 0 Å². The quantitative estimate of drug-likeness (QED) is 0.546. The highest BCUT2D eigenvalue weighted by Gasteiger charge is 2.49. The Labute approximate surface area is 97.5 Å². The number of nitrogens with zero attached hydrogens (tertiary/aromatic N) is 2. The molecule has 1 aliphatic heterocycles. The maximum absolute atomic E-state index is 9.24. The van der Waals surface area contributed by atoms with E-state index >= 15 is 0 Å². The van der Waals surface area contributed by atoms with E-state index < -0.39 is 0 Å². The Hall–Kier alpha value is -0.570. The highest BCUT2D eigenvalue weighted by atomic mass is 16.4. The van der Waals surface area contributed by atoms with Crippen molar-refractivity contribution in [1.82, 2.24) is 4.90 Å². The Morgan fingerprint density at radius 3 is 2.88 bits per heavy atom. The molecule has 1 N–H and O–H groups in total. The average molecular weight is 222 g/mol. The Morgan fingerprint density at radius 1 is 1.25 bits per heavy atom. The Bertz CT molecular complexity index is 302. The second-order valence-corrected chi connectivity index (χ2v) is 5.82. The zero-order valence-corrected chi connectivity index (χ0v) is 10.1. The molecule has 0 radical (unpaired) electrons. The molecule has 2 saturated carbocycles. The fourth-order valence-corrected chi connectivity index (χ4v) is 4.17. The molecule has 90 valence electrons. The van der Waals surface area contributed by atoms with E-state index in [0.29, 0.717) is 18.0 Å². The zero-order valence-electron chi connectivity index (χ0n) is 10.1. The molecule has 3 rings (SSSR count). The lowest BCUT2D eigenvalue weighted by atomic mass is 9.89. The molecule has 3 heteroatoms. The first-order chi connectivity index (χ1) is 7.81. The third kappa shape index (κ3) is 1.48. The SMILES string of the molecule is CC1CCCCN1C1C(=NO)C2CCC1C2. The van der Waals surface area contributed by atoms with Crippen molar-refractivity contribution in [3.63, 3.8) is 0 Å². The topological polar surface area (TPSA) is 35.8 Å². The van der Waals surface area contributed by atoms with Crippen molar-refractivity contribution in [1.29, 1.82) is 0 Å². The maximum atomic E-state index is 9.24. The van der Waals surface area contributed by atoms with Crippen LogP contribution < -0.4 is 0 Å². The highest BCUT2D eigenvalue weighted by Crippen LogP contribution is 2.46. The third-order valence-corrected chi connectivity index (χ3v) is 4.97. The van der Waals surface area contributed by atoms with Gasteiger partial charge in [0.1, 0.15) is 0 Å². The molecule has 0 aromatic rings. The average Bonchev–Trinajstić information content (AvgIpc) is 2.89. The summed E-state index contributed by atoms with van der Waals surface area (Å²) in [5, 5.41) is 12.9. The number of likely N-dealkylation sites (tertiary alicyclic amines) is 1. The third-order valence-electron chi connectivity index (χ3n) is 4.97. The lowest BCUT2D eigenvalue weighted by Crippen LogP contribution is -2.51. The summed E-state index contributed by atoms with van der Waals surface area (Å²) in [6.07, 6.45) is 7.86. The van der Waals surface area contributed by atoms with Crippen molar-refractivity contribution in [3.8, 4) is 0 Å². The first-order valence-electron chi connectivity index (χ1n) is 6.79. The van der Waals surface area contributed by atoms with E-state index in [1.807, 2.05) is 0 Å². The zero-order chi connectivity index (χ0) is 11.1. The Morgan fingerprint density at radius 2 is 2.12 bits per heavy atom. The number of oxime groups is 1. The van der Waals surface area contributed by atoms with Gasteiger partial charge in [-0.1, -0.05) is 11.6 Å². The molecule has 0 spiro atoms. The predicted molar refractivity (Wildman–Crippen MR) is 63.9 cm³/mol. The number of rotatable bonds is 1. The van der Waals surface area contributed by atoms with Crippen molar-refractivity contribution in [2.24, 2.45) is 17.0 Å². The number of fused-ring (bicyclic) bond motifs is 2. The van der Waals surface area contributed by atoms with Gasteiger partial charge in [-0.05, 0) is 51.5 Å². The highest BCUT2D eigenvalue weighted by molar-refractivity contribution is 5.94. The summed E-state index contributed by atoms with van der Waals surface area (Å²) in [5.74, 6) is 1.37. The van der Waals surface area contributed by atoms with E-state index in [2.05, 4.69) is 17.0 Å². The van der Waals surface area contributed by atoms with Crippen LogP contribution in [0.5, 0.6) is 0 Å². The largest absolute Gasteiger partial charge is 0.411 e. The Balaban J connectivity index is 1.82. The molecule has 16 heavy (non-hydrogen) atoms. The number of hydrogen-bond acceptors (Lipinski definition) is 3. The van der Waals surface area contributed by atoms with Gasteiger partial charge in [-0.25, -0.2) is 0 Å². The van der Waals surface area contributed by atoms with E-state index in [4.69, 9.17) is 0 Å². The lowest BCUT2D eigenvalue weighted by Gasteiger charge is -2.41. The van der Waals surface area contributed by atoms with Crippen molar-refractivity contribution in [2.45, 2.75) is 57.5 Å². The summed E-state index contributed by atoms with van der Waals surface area (Å²) in [7, 11) is 0. The molecule has 0 amide bonds. The number of hydrogen-bond donors (Lipinski definition) is 1. The van der Waals surface area contributed by atoms with E-state index in [0.717, 1.165) is 11.6 Å². The summed E-state index contributed by atoms with van der Waals surface area (Å²) >= 11 is 0. The first kappa shape index (κ1) is 10.6. The second kappa shape index (κ2) is 4.02. The molecule has 2 aliphatic carbocycles. The van der Waals surface area contributed by atoms with Crippen molar-refractivity contribution in [2.75, 3.05) is 6.54 Å². The molecule has 3 nitrogen and oxygen atoms in total. The van der Waals surface area contributed by atoms with Crippen LogP contribution in [-0.4, -0.2) is 34.4 Å². The van der Waals surface area contributed by atoms with Gasteiger partial charge in [0.2, 0.25) is 0 Å². The van der Waals surface area contributed by atoms with Crippen LogP contribution in [0.3, 0.4) is 0 Å². The normalized spacial score (nSPS) is 46.7. The summed E-state index contributed by atoms with van der Waals surface area (Å²) < 4.78 is 0. The van der Waals surface area contributed by atoms with Crippen LogP contribution in [0.2, 0.25) is 0 Å². The van der Waals surface area contributed by atoms with E-state index in [9.17, 15) is 5.21 Å². The monoisotopic (exact) mass is 222 g/mol. The van der Waals surface area contributed by atoms with E-state index in [1.165, 1.54) is 45.1 Å². The summed E-state index contributed by atoms with van der Waals surface area (Å²) in [6.45, 7) is 3.54. The van der Waals surface area contributed by atoms with E-state index in [1.54, 1.807) is 0 Å². The van der Waals surface area contributed by atoms with Crippen LogP contribution in [-0.2, 0) is 0 Å². The molecular formula is C13H22N2O. The van der Waals surface area contributed by atoms with Gasteiger partial charge in [0.25, 0.3) is 0 Å². The van der Waals surface area contributed by atoms with Crippen molar-refractivity contribution < 1.29 is 5.21 Å². The fourth-order valence-electron chi connectivity index (χ4n) is 4.17. The number of piperidine rings is 1. The van der Waals surface area contributed by atoms with Crippen LogP contribution >= 0.6 is 0 Å². The molecule has 3 aliphatic rings. The molecule has 0 aromatic carbocycles. The molecule has 2 bridgehead atoms. The van der Waals surface area contributed by atoms with Gasteiger partial charge in [-0.15, -0.1) is 0 Å². The minimum absolute atomic E-state index is 0.471. The predicted octanol–water partition coefficient (Wildman–Crippen LogP) is 2.49. The van der Waals surface area contributed by atoms with Gasteiger partial charge in [0, 0.05) is 12.0 Å². The second-order valence-electron chi connectivity index (χ2n) is 5.82. The summed E-state index contributed by atoms with van der Waals surface area (Å²) in [6, 6.07) is 1.15. The minimum Gasteiger partial charge on any atom is -0.411 e. The minimum atomic E-state index is 0.471. The summed E-state index contributed by atoms with van der Waals surface area (Å²) in [4.78, 5) is 2.61.